The summed E-state index contributed by atoms with van der Waals surface area (Å²) in [5.41, 5.74) is 0.931. The van der Waals surface area contributed by atoms with Crippen LogP contribution in [-0.4, -0.2) is 19.0 Å². The second-order valence-corrected chi connectivity index (χ2v) is 6.61. The van der Waals surface area contributed by atoms with Gasteiger partial charge in [0.2, 0.25) is 0 Å². The number of fused-ring (bicyclic) bond motifs is 1. The summed E-state index contributed by atoms with van der Waals surface area (Å²) in [6.07, 6.45) is 0. The topological polar surface area (TPSA) is 35.5 Å². The fraction of sp³-hybridized carbons (Fsp3) is 0.133. The summed E-state index contributed by atoms with van der Waals surface area (Å²) in [7, 11) is 0. The van der Waals surface area contributed by atoms with E-state index in [9.17, 15) is 4.79 Å². The lowest BCUT2D eigenvalue weighted by Gasteiger charge is -2.19. The van der Waals surface area contributed by atoms with Crippen LogP contribution in [-0.2, 0) is 0 Å². The van der Waals surface area contributed by atoms with Crippen LogP contribution in [0.2, 0.25) is 5.02 Å². The molecular formula is C15H9Br2ClO3. The fourth-order valence-corrected chi connectivity index (χ4v) is 3.52. The van der Waals surface area contributed by atoms with Crippen molar-refractivity contribution in [1.29, 1.82) is 0 Å². The Balaban J connectivity index is 2.05. The Bertz CT molecular complexity index is 731. The van der Waals surface area contributed by atoms with Gasteiger partial charge in [0, 0.05) is 26.1 Å². The first-order chi connectivity index (χ1) is 10.1. The second-order valence-electron chi connectivity index (χ2n) is 4.43. The Morgan fingerprint density at radius 2 is 1.67 bits per heavy atom. The quantitative estimate of drug-likeness (QED) is 0.636. The highest BCUT2D eigenvalue weighted by atomic mass is 79.9. The molecule has 0 spiro atoms. The van der Waals surface area contributed by atoms with Crippen molar-refractivity contribution in [2.75, 3.05) is 13.2 Å². The van der Waals surface area contributed by atoms with Crippen LogP contribution in [0, 0.1) is 0 Å². The minimum Gasteiger partial charge on any atom is -0.486 e. The van der Waals surface area contributed by atoms with Gasteiger partial charge in [0.25, 0.3) is 0 Å². The standard InChI is InChI=1S/C15H9Br2ClO3/c16-8-1-2-9(11(17)5-8)15(19)10-6-13-14(7-12(10)18)21-4-3-20-13/h1-2,5-7H,3-4H2. The van der Waals surface area contributed by atoms with E-state index in [1.807, 2.05) is 12.1 Å². The first-order valence-electron chi connectivity index (χ1n) is 6.15. The summed E-state index contributed by atoms with van der Waals surface area (Å²) >= 11 is 13.0. The van der Waals surface area contributed by atoms with E-state index in [4.69, 9.17) is 21.1 Å². The van der Waals surface area contributed by atoms with Crippen LogP contribution in [0.5, 0.6) is 11.5 Å². The molecule has 2 aromatic rings. The first kappa shape index (κ1) is 14.9. The number of ether oxygens (including phenoxy) is 2. The molecule has 1 aliphatic rings. The van der Waals surface area contributed by atoms with Crippen LogP contribution in [0.4, 0.5) is 0 Å². The monoisotopic (exact) mass is 430 g/mol. The molecule has 0 aliphatic carbocycles. The largest absolute Gasteiger partial charge is 0.486 e. The predicted octanol–water partition coefficient (Wildman–Crippen LogP) is 4.87. The van der Waals surface area contributed by atoms with Gasteiger partial charge in [0.15, 0.2) is 17.3 Å². The van der Waals surface area contributed by atoms with Crippen molar-refractivity contribution in [3.63, 3.8) is 0 Å². The van der Waals surface area contributed by atoms with Gasteiger partial charge >= 0.3 is 0 Å². The highest BCUT2D eigenvalue weighted by molar-refractivity contribution is 9.11. The Labute approximate surface area is 143 Å². The number of rotatable bonds is 2. The highest BCUT2D eigenvalue weighted by Gasteiger charge is 2.21. The van der Waals surface area contributed by atoms with E-state index in [2.05, 4.69) is 31.9 Å². The van der Waals surface area contributed by atoms with Gasteiger partial charge in [-0.3, -0.25) is 4.79 Å². The molecule has 1 aliphatic heterocycles. The van der Waals surface area contributed by atoms with Crippen molar-refractivity contribution >= 4 is 49.2 Å². The predicted molar refractivity (Wildman–Crippen MR) is 87.7 cm³/mol. The zero-order valence-corrected chi connectivity index (χ0v) is 14.6. The van der Waals surface area contributed by atoms with Gasteiger partial charge in [-0.05, 0) is 40.2 Å². The van der Waals surface area contributed by atoms with Crippen LogP contribution < -0.4 is 9.47 Å². The zero-order chi connectivity index (χ0) is 15.0. The molecule has 21 heavy (non-hydrogen) atoms. The molecule has 108 valence electrons. The SMILES string of the molecule is O=C(c1cc2c(cc1Cl)OCCO2)c1ccc(Br)cc1Br. The molecule has 2 aromatic carbocycles. The summed E-state index contributed by atoms with van der Waals surface area (Å²) in [4.78, 5) is 12.7. The van der Waals surface area contributed by atoms with Crippen molar-refractivity contribution in [2.24, 2.45) is 0 Å². The zero-order valence-electron chi connectivity index (χ0n) is 10.7. The fourth-order valence-electron chi connectivity index (χ4n) is 2.06. The summed E-state index contributed by atoms with van der Waals surface area (Å²) in [6.45, 7) is 0.944. The van der Waals surface area contributed by atoms with E-state index in [1.54, 1.807) is 18.2 Å². The molecule has 0 atom stereocenters. The van der Waals surface area contributed by atoms with Crippen LogP contribution in [0.3, 0.4) is 0 Å². The molecule has 0 aromatic heterocycles. The van der Waals surface area contributed by atoms with Crippen LogP contribution in [0.1, 0.15) is 15.9 Å². The van der Waals surface area contributed by atoms with E-state index in [-0.39, 0.29) is 5.78 Å². The van der Waals surface area contributed by atoms with E-state index < -0.39 is 0 Å². The summed E-state index contributed by atoms with van der Waals surface area (Å²) in [6, 6.07) is 8.62. The first-order valence-corrected chi connectivity index (χ1v) is 8.11. The van der Waals surface area contributed by atoms with Gasteiger partial charge in [-0.15, -0.1) is 0 Å². The average Bonchev–Trinajstić information content (AvgIpc) is 2.46. The van der Waals surface area contributed by atoms with Crippen LogP contribution in [0.15, 0.2) is 39.3 Å². The van der Waals surface area contributed by atoms with Gasteiger partial charge in [0.05, 0.1) is 5.02 Å². The van der Waals surface area contributed by atoms with Crippen molar-refractivity contribution in [3.05, 3.63) is 55.4 Å². The molecule has 0 saturated heterocycles. The maximum atomic E-state index is 12.7. The number of benzene rings is 2. The van der Waals surface area contributed by atoms with Gasteiger partial charge in [0.1, 0.15) is 13.2 Å². The van der Waals surface area contributed by atoms with E-state index in [0.29, 0.717) is 45.3 Å². The molecular weight excluding hydrogens is 423 g/mol. The third kappa shape index (κ3) is 2.96. The minimum absolute atomic E-state index is 0.170. The normalized spacial score (nSPS) is 13.1. The Morgan fingerprint density at radius 3 is 2.33 bits per heavy atom. The summed E-state index contributed by atoms with van der Waals surface area (Å²) < 4.78 is 12.5. The molecule has 0 saturated carbocycles. The maximum Gasteiger partial charge on any atom is 0.195 e. The molecule has 3 nitrogen and oxygen atoms in total. The van der Waals surface area contributed by atoms with Gasteiger partial charge in [-0.25, -0.2) is 0 Å². The minimum atomic E-state index is -0.170. The van der Waals surface area contributed by atoms with E-state index in [0.717, 1.165) is 4.47 Å². The molecule has 0 fully saturated rings. The second kappa shape index (κ2) is 5.99. The lowest BCUT2D eigenvalue weighted by molar-refractivity contribution is 0.103. The number of ketones is 1. The van der Waals surface area contributed by atoms with E-state index in [1.165, 1.54) is 0 Å². The Hall–Kier alpha value is -1.04. The number of hydrogen-bond acceptors (Lipinski definition) is 3. The summed E-state index contributed by atoms with van der Waals surface area (Å²) in [5, 5.41) is 0.346. The maximum absolute atomic E-state index is 12.7. The molecule has 0 amide bonds. The Kier molecular flexibility index (Phi) is 4.24. The average molecular weight is 432 g/mol. The smallest absolute Gasteiger partial charge is 0.195 e. The van der Waals surface area contributed by atoms with Gasteiger partial charge < -0.3 is 9.47 Å². The molecule has 0 radical (unpaired) electrons. The molecule has 0 bridgehead atoms. The number of carbonyl (C=O) groups excluding carboxylic acids is 1. The number of carbonyl (C=O) groups is 1. The Morgan fingerprint density at radius 1 is 1.00 bits per heavy atom. The van der Waals surface area contributed by atoms with Crippen molar-refractivity contribution < 1.29 is 14.3 Å². The van der Waals surface area contributed by atoms with Crippen molar-refractivity contribution in [2.45, 2.75) is 0 Å². The third-order valence-corrected chi connectivity index (χ3v) is 4.51. The third-order valence-electron chi connectivity index (χ3n) is 3.05. The van der Waals surface area contributed by atoms with Crippen molar-refractivity contribution in [3.8, 4) is 11.5 Å². The molecule has 1 heterocycles. The van der Waals surface area contributed by atoms with Crippen LogP contribution in [0.25, 0.3) is 0 Å². The highest BCUT2D eigenvalue weighted by Crippen LogP contribution is 2.37. The number of hydrogen-bond donors (Lipinski definition) is 0. The van der Waals surface area contributed by atoms with Crippen LogP contribution >= 0.6 is 43.5 Å². The molecule has 3 rings (SSSR count). The lowest BCUT2D eigenvalue weighted by atomic mass is 10.0. The molecule has 6 heteroatoms. The molecule has 0 N–H and O–H groups in total. The van der Waals surface area contributed by atoms with E-state index >= 15 is 0 Å². The lowest BCUT2D eigenvalue weighted by Crippen LogP contribution is -2.16. The van der Waals surface area contributed by atoms with Crippen molar-refractivity contribution in [1.82, 2.24) is 0 Å². The van der Waals surface area contributed by atoms with Gasteiger partial charge in [-0.2, -0.15) is 0 Å². The summed E-state index contributed by atoms with van der Waals surface area (Å²) in [5.74, 6) is 0.941. The molecule has 0 unspecified atom stereocenters. The number of halogens is 3. The van der Waals surface area contributed by atoms with Gasteiger partial charge in [-0.1, -0.05) is 27.5 Å².